The number of nitrogens with two attached hydrogens (primary N) is 1. The number of nitrogens with one attached hydrogen (secondary N) is 1. The highest BCUT2D eigenvalue weighted by atomic mass is 19.1. The molecule has 6 heteroatoms. The van der Waals surface area contributed by atoms with Crippen LogP contribution >= 0.6 is 0 Å². The van der Waals surface area contributed by atoms with Gasteiger partial charge in [0, 0.05) is 11.3 Å². The molecule has 3 aromatic carbocycles. The SMILES string of the molecule is O=C(Nc1ccc(F)cc1)[C@@H]([NH2+]C[C@H]1COc2ccccc2O1)c1ccccc1. The first-order valence-electron chi connectivity index (χ1n) is 9.52. The Bertz CT molecular complexity index is 963. The molecule has 4 rings (SSSR count). The minimum Gasteiger partial charge on any atom is -0.486 e. The maximum absolute atomic E-state index is 13.1. The summed E-state index contributed by atoms with van der Waals surface area (Å²) in [5, 5.41) is 4.80. The third kappa shape index (κ3) is 4.73. The highest BCUT2D eigenvalue weighted by Gasteiger charge is 2.28. The quantitative estimate of drug-likeness (QED) is 0.677. The molecule has 1 aliphatic heterocycles. The van der Waals surface area contributed by atoms with E-state index in [9.17, 15) is 9.18 Å². The molecular formula is C23H22FN2O3+. The van der Waals surface area contributed by atoms with Crippen LogP contribution in [0.4, 0.5) is 10.1 Å². The molecule has 3 N–H and O–H groups in total. The molecule has 29 heavy (non-hydrogen) atoms. The Labute approximate surface area is 168 Å². The Morgan fingerprint density at radius 3 is 2.45 bits per heavy atom. The third-order valence-corrected chi connectivity index (χ3v) is 4.76. The van der Waals surface area contributed by atoms with Crippen LogP contribution in [-0.4, -0.2) is 25.2 Å². The average Bonchev–Trinajstić information content (AvgIpc) is 2.76. The number of benzene rings is 3. The number of halogens is 1. The summed E-state index contributed by atoms with van der Waals surface area (Å²) < 4.78 is 24.9. The zero-order valence-electron chi connectivity index (χ0n) is 15.8. The molecule has 1 aliphatic rings. The number of rotatable bonds is 6. The van der Waals surface area contributed by atoms with E-state index in [2.05, 4.69) is 5.32 Å². The second-order valence-electron chi connectivity index (χ2n) is 6.85. The monoisotopic (exact) mass is 393 g/mol. The number of carbonyl (C=O) groups excluding carboxylic acids is 1. The lowest BCUT2D eigenvalue weighted by molar-refractivity contribution is -0.687. The standard InChI is InChI=1S/C23H21FN2O3/c24-17-10-12-18(13-11-17)26-23(27)22(16-6-2-1-3-7-16)25-14-19-15-28-20-8-4-5-9-21(20)29-19/h1-13,19,22,25H,14-15H2,(H,26,27)/p+1/t19-,22-/m0/s1. The Morgan fingerprint density at radius 1 is 1.00 bits per heavy atom. The molecule has 1 amide bonds. The molecular weight excluding hydrogens is 371 g/mol. The molecule has 2 atom stereocenters. The zero-order chi connectivity index (χ0) is 20.1. The lowest BCUT2D eigenvalue weighted by Crippen LogP contribution is -2.89. The number of fused-ring (bicyclic) bond motifs is 1. The Hall–Kier alpha value is -3.38. The van der Waals surface area contributed by atoms with Crippen molar-refractivity contribution >= 4 is 11.6 Å². The second-order valence-corrected chi connectivity index (χ2v) is 6.85. The van der Waals surface area contributed by atoms with Gasteiger partial charge >= 0.3 is 0 Å². The van der Waals surface area contributed by atoms with Crippen LogP contribution in [0, 0.1) is 5.82 Å². The summed E-state index contributed by atoms with van der Waals surface area (Å²) >= 11 is 0. The molecule has 0 aliphatic carbocycles. The smallest absolute Gasteiger partial charge is 0.287 e. The van der Waals surface area contributed by atoms with Crippen molar-refractivity contribution < 1.29 is 24.0 Å². The predicted octanol–water partition coefficient (Wildman–Crippen LogP) is 2.91. The van der Waals surface area contributed by atoms with Crippen molar-refractivity contribution in [2.45, 2.75) is 12.1 Å². The topological polar surface area (TPSA) is 64.2 Å². The fourth-order valence-corrected chi connectivity index (χ4v) is 3.28. The minimum absolute atomic E-state index is 0.172. The summed E-state index contributed by atoms with van der Waals surface area (Å²) in [6.07, 6.45) is -0.172. The van der Waals surface area contributed by atoms with E-state index in [4.69, 9.17) is 9.47 Å². The molecule has 0 fully saturated rings. The van der Waals surface area contributed by atoms with Crippen LogP contribution in [0.5, 0.6) is 11.5 Å². The van der Waals surface area contributed by atoms with Gasteiger partial charge in [0.25, 0.3) is 5.91 Å². The molecule has 0 unspecified atom stereocenters. The van der Waals surface area contributed by atoms with Crippen LogP contribution in [0.1, 0.15) is 11.6 Å². The summed E-state index contributed by atoms with van der Waals surface area (Å²) in [5.41, 5.74) is 1.43. The lowest BCUT2D eigenvalue weighted by Gasteiger charge is -2.26. The van der Waals surface area contributed by atoms with Crippen molar-refractivity contribution in [3.8, 4) is 11.5 Å². The molecule has 5 nitrogen and oxygen atoms in total. The number of hydrogen-bond acceptors (Lipinski definition) is 3. The molecule has 148 valence electrons. The first-order valence-corrected chi connectivity index (χ1v) is 9.52. The average molecular weight is 393 g/mol. The predicted molar refractivity (Wildman–Crippen MR) is 107 cm³/mol. The first kappa shape index (κ1) is 19.0. The normalized spacial score (nSPS) is 16.1. The van der Waals surface area contributed by atoms with Crippen molar-refractivity contribution in [3.63, 3.8) is 0 Å². The van der Waals surface area contributed by atoms with Crippen molar-refractivity contribution in [1.82, 2.24) is 0 Å². The van der Waals surface area contributed by atoms with Gasteiger partial charge in [-0.25, -0.2) is 4.39 Å². The molecule has 0 aromatic heterocycles. The maximum Gasteiger partial charge on any atom is 0.287 e. The van der Waals surface area contributed by atoms with E-state index in [0.717, 1.165) is 11.3 Å². The highest BCUT2D eigenvalue weighted by molar-refractivity contribution is 5.94. The zero-order valence-corrected chi connectivity index (χ0v) is 15.8. The van der Waals surface area contributed by atoms with E-state index in [0.29, 0.717) is 24.6 Å². The van der Waals surface area contributed by atoms with E-state index in [1.165, 1.54) is 12.1 Å². The van der Waals surface area contributed by atoms with Gasteiger partial charge in [0.05, 0.1) is 0 Å². The highest BCUT2D eigenvalue weighted by Crippen LogP contribution is 2.30. The van der Waals surface area contributed by atoms with Crippen LogP contribution in [0.2, 0.25) is 0 Å². The molecule has 0 saturated heterocycles. The van der Waals surface area contributed by atoms with Gasteiger partial charge in [0.15, 0.2) is 23.6 Å². The number of amides is 1. The van der Waals surface area contributed by atoms with Crippen molar-refractivity contribution in [3.05, 3.63) is 90.2 Å². The summed E-state index contributed by atoms with van der Waals surface area (Å²) in [6.45, 7) is 0.972. The third-order valence-electron chi connectivity index (χ3n) is 4.76. The number of quaternary nitrogens is 1. The lowest BCUT2D eigenvalue weighted by atomic mass is 10.1. The van der Waals surface area contributed by atoms with E-state index in [1.54, 1.807) is 12.1 Å². The molecule has 1 heterocycles. The van der Waals surface area contributed by atoms with Gasteiger partial charge in [-0.15, -0.1) is 0 Å². The van der Waals surface area contributed by atoms with Crippen molar-refractivity contribution in [1.29, 1.82) is 0 Å². The van der Waals surface area contributed by atoms with E-state index < -0.39 is 6.04 Å². The van der Waals surface area contributed by atoms with Gasteiger partial charge in [-0.1, -0.05) is 42.5 Å². The van der Waals surface area contributed by atoms with Crippen LogP contribution in [-0.2, 0) is 4.79 Å². The summed E-state index contributed by atoms with van der Waals surface area (Å²) in [7, 11) is 0. The number of para-hydroxylation sites is 2. The van der Waals surface area contributed by atoms with Crippen LogP contribution < -0.4 is 20.1 Å². The first-order chi connectivity index (χ1) is 14.2. The van der Waals surface area contributed by atoms with Crippen molar-refractivity contribution in [2.75, 3.05) is 18.5 Å². The number of anilines is 1. The van der Waals surface area contributed by atoms with Crippen molar-refractivity contribution in [2.24, 2.45) is 0 Å². The van der Waals surface area contributed by atoms with Gasteiger partial charge in [-0.2, -0.15) is 0 Å². The molecule has 0 spiro atoms. The molecule has 0 saturated carbocycles. The van der Waals surface area contributed by atoms with Gasteiger partial charge in [-0.3, -0.25) is 4.79 Å². The Kier molecular flexibility index (Phi) is 5.72. The van der Waals surface area contributed by atoms with Gasteiger partial charge in [0.1, 0.15) is 19.0 Å². The number of hydrogen-bond donors (Lipinski definition) is 2. The fraction of sp³-hybridized carbons (Fsp3) is 0.174. The number of carbonyl (C=O) groups is 1. The van der Waals surface area contributed by atoms with Crippen LogP contribution in [0.25, 0.3) is 0 Å². The Morgan fingerprint density at radius 2 is 1.69 bits per heavy atom. The Balaban J connectivity index is 1.45. The van der Waals surface area contributed by atoms with E-state index in [1.807, 2.05) is 59.9 Å². The number of ether oxygens (including phenoxy) is 2. The van der Waals surface area contributed by atoms with Crippen LogP contribution in [0.3, 0.4) is 0 Å². The summed E-state index contributed by atoms with van der Waals surface area (Å²) in [4.78, 5) is 13.0. The molecule has 3 aromatic rings. The van der Waals surface area contributed by atoms with Gasteiger partial charge in [-0.05, 0) is 36.4 Å². The van der Waals surface area contributed by atoms with E-state index in [-0.39, 0.29) is 17.8 Å². The minimum atomic E-state index is -0.470. The largest absolute Gasteiger partial charge is 0.486 e. The fourth-order valence-electron chi connectivity index (χ4n) is 3.28. The summed E-state index contributed by atoms with van der Waals surface area (Å²) in [5.74, 6) is 0.922. The van der Waals surface area contributed by atoms with Gasteiger partial charge < -0.3 is 20.1 Å². The van der Waals surface area contributed by atoms with Gasteiger partial charge in [0.2, 0.25) is 0 Å². The van der Waals surface area contributed by atoms with E-state index >= 15 is 0 Å². The molecule has 0 bridgehead atoms. The summed E-state index contributed by atoms with van der Waals surface area (Å²) in [6, 6.07) is 22.4. The maximum atomic E-state index is 13.1. The molecule has 0 radical (unpaired) electrons. The second kappa shape index (κ2) is 8.75. The van der Waals surface area contributed by atoms with Crippen LogP contribution in [0.15, 0.2) is 78.9 Å².